The van der Waals surface area contributed by atoms with E-state index >= 15 is 0 Å². The lowest BCUT2D eigenvalue weighted by Gasteiger charge is -2.06. The number of primary amides is 1. The molecule has 0 unspecified atom stereocenters. The lowest BCUT2D eigenvalue weighted by atomic mass is 10.1. The molecule has 0 saturated carbocycles. The zero-order valence-corrected chi connectivity index (χ0v) is 15.4. The van der Waals surface area contributed by atoms with E-state index in [4.69, 9.17) is 10.5 Å². The highest BCUT2D eigenvalue weighted by Gasteiger charge is 2.18. The molecule has 0 bridgehead atoms. The first-order valence-electron chi connectivity index (χ1n) is 8.08. The minimum atomic E-state index is -0.721. The second kappa shape index (κ2) is 8.33. The fourth-order valence-electron chi connectivity index (χ4n) is 2.44. The number of nitrogens with one attached hydrogen (secondary N) is 2. The van der Waals surface area contributed by atoms with Crippen molar-refractivity contribution in [2.45, 2.75) is 6.54 Å². The van der Waals surface area contributed by atoms with Gasteiger partial charge in [0.15, 0.2) is 0 Å². The molecule has 7 nitrogen and oxygen atoms in total. The third-order valence-electron chi connectivity index (χ3n) is 3.79. The summed E-state index contributed by atoms with van der Waals surface area (Å²) in [6.07, 6.45) is 3.32. The molecule has 3 rings (SSSR count). The van der Waals surface area contributed by atoms with Crippen molar-refractivity contribution >= 4 is 28.3 Å². The molecule has 0 aliphatic carbocycles. The number of ether oxygens (including phenoxy) is 1. The summed E-state index contributed by atoms with van der Waals surface area (Å²) in [5.41, 5.74) is 7.43. The maximum atomic E-state index is 12.6. The number of benzene rings is 1. The molecule has 0 aliphatic heterocycles. The van der Waals surface area contributed by atoms with Crippen LogP contribution in [0, 0.1) is 0 Å². The van der Waals surface area contributed by atoms with Crippen LogP contribution in [0.5, 0.6) is 5.75 Å². The zero-order valence-electron chi connectivity index (χ0n) is 14.6. The van der Waals surface area contributed by atoms with Gasteiger partial charge in [0.2, 0.25) is 0 Å². The van der Waals surface area contributed by atoms with Crippen LogP contribution in [-0.4, -0.2) is 24.0 Å². The SMILES string of the molecule is COc1ccc(-c2cc(C(=O)NCc3ccncc3)c(NC(N)=O)s2)cc1. The molecule has 138 valence electrons. The quantitative estimate of drug-likeness (QED) is 0.608. The third-order valence-corrected chi connectivity index (χ3v) is 4.89. The maximum absolute atomic E-state index is 12.6. The van der Waals surface area contributed by atoms with E-state index in [0.717, 1.165) is 21.8 Å². The Labute approximate surface area is 160 Å². The Morgan fingerprint density at radius 1 is 1.15 bits per heavy atom. The number of rotatable bonds is 6. The average molecular weight is 382 g/mol. The van der Waals surface area contributed by atoms with E-state index in [1.54, 1.807) is 25.6 Å². The normalized spacial score (nSPS) is 10.3. The van der Waals surface area contributed by atoms with Crippen molar-refractivity contribution in [1.29, 1.82) is 0 Å². The van der Waals surface area contributed by atoms with Crippen LogP contribution in [0.25, 0.3) is 10.4 Å². The van der Waals surface area contributed by atoms with Crippen LogP contribution >= 0.6 is 11.3 Å². The summed E-state index contributed by atoms with van der Waals surface area (Å²) in [4.78, 5) is 28.7. The molecule has 0 fully saturated rings. The molecule has 0 aliphatic rings. The van der Waals surface area contributed by atoms with Gasteiger partial charge in [0.25, 0.3) is 5.91 Å². The molecule has 0 radical (unpaired) electrons. The second-order valence-corrected chi connectivity index (χ2v) is 6.66. The van der Waals surface area contributed by atoms with Gasteiger partial charge in [-0.15, -0.1) is 11.3 Å². The van der Waals surface area contributed by atoms with Crippen LogP contribution in [0.2, 0.25) is 0 Å². The highest BCUT2D eigenvalue weighted by Crippen LogP contribution is 2.36. The monoisotopic (exact) mass is 382 g/mol. The summed E-state index contributed by atoms with van der Waals surface area (Å²) >= 11 is 1.28. The van der Waals surface area contributed by atoms with Gasteiger partial charge >= 0.3 is 6.03 Å². The Kier molecular flexibility index (Phi) is 5.68. The van der Waals surface area contributed by atoms with Gasteiger partial charge in [-0.1, -0.05) is 0 Å². The number of methoxy groups -OCH3 is 1. The number of amides is 3. The lowest BCUT2D eigenvalue weighted by Crippen LogP contribution is -2.25. The predicted octanol–water partition coefficient (Wildman–Crippen LogP) is 3.24. The van der Waals surface area contributed by atoms with Gasteiger partial charge in [0.1, 0.15) is 10.8 Å². The summed E-state index contributed by atoms with van der Waals surface area (Å²) in [5.74, 6) is 0.438. The van der Waals surface area contributed by atoms with Gasteiger partial charge in [-0.2, -0.15) is 0 Å². The van der Waals surface area contributed by atoms with Crippen LogP contribution < -0.4 is 21.1 Å². The van der Waals surface area contributed by atoms with Gasteiger partial charge in [0.05, 0.1) is 12.7 Å². The Morgan fingerprint density at radius 3 is 2.48 bits per heavy atom. The van der Waals surface area contributed by atoms with Crippen molar-refractivity contribution in [3.8, 4) is 16.2 Å². The van der Waals surface area contributed by atoms with Gasteiger partial charge in [-0.3, -0.25) is 15.1 Å². The first-order valence-corrected chi connectivity index (χ1v) is 8.90. The number of nitrogens with two attached hydrogens (primary N) is 1. The van der Waals surface area contributed by atoms with E-state index in [0.29, 0.717) is 17.1 Å². The molecule has 8 heteroatoms. The van der Waals surface area contributed by atoms with Crippen molar-refractivity contribution in [3.63, 3.8) is 0 Å². The summed E-state index contributed by atoms with van der Waals surface area (Å²) in [6.45, 7) is 0.352. The highest BCUT2D eigenvalue weighted by atomic mass is 32.1. The molecule has 0 spiro atoms. The number of carbonyl (C=O) groups is 2. The molecule has 27 heavy (non-hydrogen) atoms. The van der Waals surface area contributed by atoms with Crippen LogP contribution in [-0.2, 0) is 6.54 Å². The number of hydrogen-bond acceptors (Lipinski definition) is 5. The first kappa shape index (κ1) is 18.4. The molecule has 3 amide bonds. The molecule has 3 aromatic rings. The van der Waals surface area contributed by atoms with E-state index < -0.39 is 6.03 Å². The number of nitrogens with zero attached hydrogens (tertiary/aromatic N) is 1. The standard InChI is InChI=1S/C19H18N4O3S/c1-26-14-4-2-13(3-5-14)16-10-15(18(27-16)23-19(20)25)17(24)22-11-12-6-8-21-9-7-12/h2-10H,11H2,1H3,(H,22,24)(H3,20,23,25). The molecule has 0 saturated heterocycles. The Morgan fingerprint density at radius 2 is 1.85 bits per heavy atom. The van der Waals surface area contributed by atoms with Crippen LogP contribution in [0.4, 0.5) is 9.80 Å². The predicted molar refractivity (Wildman–Crippen MR) is 105 cm³/mol. The number of hydrogen-bond donors (Lipinski definition) is 3. The number of carbonyl (C=O) groups excluding carboxylic acids is 2. The molecular formula is C19H18N4O3S. The minimum Gasteiger partial charge on any atom is -0.497 e. The second-order valence-electron chi connectivity index (χ2n) is 5.61. The minimum absolute atomic E-state index is 0.299. The zero-order chi connectivity index (χ0) is 19.2. The van der Waals surface area contributed by atoms with Crippen molar-refractivity contribution in [3.05, 3.63) is 66.0 Å². The topological polar surface area (TPSA) is 106 Å². The van der Waals surface area contributed by atoms with Crippen molar-refractivity contribution in [2.75, 3.05) is 12.4 Å². The summed E-state index contributed by atoms with van der Waals surface area (Å²) in [5, 5.41) is 5.77. The number of urea groups is 1. The fraction of sp³-hybridized carbons (Fsp3) is 0.105. The molecule has 4 N–H and O–H groups in total. The van der Waals surface area contributed by atoms with Crippen LogP contribution in [0.3, 0.4) is 0 Å². The third kappa shape index (κ3) is 4.62. The molecule has 2 aromatic heterocycles. The Balaban J connectivity index is 1.84. The van der Waals surface area contributed by atoms with Crippen molar-refractivity contribution in [2.24, 2.45) is 5.73 Å². The molecule has 1 aromatic carbocycles. The van der Waals surface area contributed by atoms with Gasteiger partial charge < -0.3 is 15.8 Å². The van der Waals surface area contributed by atoms with Crippen LogP contribution in [0.1, 0.15) is 15.9 Å². The van der Waals surface area contributed by atoms with Crippen LogP contribution in [0.15, 0.2) is 54.9 Å². The van der Waals surface area contributed by atoms with Gasteiger partial charge in [-0.25, -0.2) is 4.79 Å². The number of anilines is 1. The number of thiophene rings is 1. The molecule has 2 heterocycles. The van der Waals surface area contributed by atoms with Gasteiger partial charge in [0, 0.05) is 23.8 Å². The summed E-state index contributed by atoms with van der Waals surface area (Å²) < 4.78 is 5.16. The number of pyridine rings is 1. The van der Waals surface area contributed by atoms with Crippen molar-refractivity contribution in [1.82, 2.24) is 10.3 Å². The van der Waals surface area contributed by atoms with E-state index in [2.05, 4.69) is 15.6 Å². The van der Waals surface area contributed by atoms with E-state index in [-0.39, 0.29) is 5.91 Å². The Hall–Kier alpha value is -3.39. The van der Waals surface area contributed by atoms with E-state index in [1.807, 2.05) is 36.4 Å². The van der Waals surface area contributed by atoms with E-state index in [9.17, 15) is 9.59 Å². The highest BCUT2D eigenvalue weighted by molar-refractivity contribution is 7.20. The maximum Gasteiger partial charge on any atom is 0.317 e. The van der Waals surface area contributed by atoms with Gasteiger partial charge in [-0.05, 0) is 53.6 Å². The first-order chi connectivity index (χ1) is 13.1. The smallest absolute Gasteiger partial charge is 0.317 e. The van der Waals surface area contributed by atoms with E-state index in [1.165, 1.54) is 11.3 Å². The number of aromatic nitrogens is 1. The van der Waals surface area contributed by atoms with Crippen molar-refractivity contribution < 1.29 is 14.3 Å². The largest absolute Gasteiger partial charge is 0.497 e. The Bertz CT molecular complexity index is 939. The average Bonchev–Trinajstić information content (AvgIpc) is 3.10. The fourth-order valence-corrected chi connectivity index (χ4v) is 3.50. The molecular weight excluding hydrogens is 364 g/mol. The molecule has 0 atom stereocenters. The summed E-state index contributed by atoms with van der Waals surface area (Å²) in [7, 11) is 1.60. The lowest BCUT2D eigenvalue weighted by molar-refractivity contribution is 0.0952. The summed E-state index contributed by atoms with van der Waals surface area (Å²) in [6, 6.07) is 12.1.